The summed E-state index contributed by atoms with van der Waals surface area (Å²) in [5.41, 5.74) is -1.69. The molecular formula is C12H12F4N2O2. The highest BCUT2D eigenvalue weighted by atomic mass is 19.4. The Hall–Kier alpha value is -1.86. The summed E-state index contributed by atoms with van der Waals surface area (Å²) in [4.78, 5) is 11.5. The van der Waals surface area contributed by atoms with Crippen molar-refractivity contribution in [2.75, 3.05) is 18.0 Å². The Labute approximate surface area is 112 Å². The topological polar surface area (TPSA) is 46.4 Å². The van der Waals surface area contributed by atoms with Gasteiger partial charge in [-0.05, 0) is 25.0 Å². The van der Waals surface area contributed by atoms with E-state index in [4.69, 9.17) is 0 Å². The number of piperidine rings is 1. The Bertz CT molecular complexity index is 519. The number of nitrogens with zero attached hydrogens (tertiary/aromatic N) is 2. The molecule has 0 aliphatic carbocycles. The average molecular weight is 292 g/mol. The maximum atomic E-state index is 13.3. The van der Waals surface area contributed by atoms with E-state index in [1.807, 2.05) is 0 Å². The molecule has 20 heavy (non-hydrogen) atoms. The summed E-state index contributed by atoms with van der Waals surface area (Å²) in [6.45, 7) is 0.360. The van der Waals surface area contributed by atoms with Gasteiger partial charge in [-0.2, -0.15) is 13.2 Å². The molecule has 1 aromatic carbocycles. The summed E-state index contributed by atoms with van der Waals surface area (Å²) in [5, 5.41) is 10.9. The summed E-state index contributed by atoms with van der Waals surface area (Å²) in [5.74, 6) is 0. The third-order valence-electron chi connectivity index (χ3n) is 3.20. The molecule has 0 bridgehead atoms. The molecule has 1 fully saturated rings. The SMILES string of the molecule is O=[N+]([O-])c1cc(C(F)(F)F)ccc1N1CCC[C@@H](F)C1. The summed E-state index contributed by atoms with van der Waals surface area (Å²) < 4.78 is 51.0. The summed E-state index contributed by atoms with van der Waals surface area (Å²) in [6.07, 6.45) is -4.89. The van der Waals surface area contributed by atoms with Crippen LogP contribution in [0.1, 0.15) is 18.4 Å². The minimum Gasteiger partial charge on any atom is -0.363 e. The van der Waals surface area contributed by atoms with E-state index in [1.165, 1.54) is 4.90 Å². The fourth-order valence-corrected chi connectivity index (χ4v) is 2.26. The van der Waals surface area contributed by atoms with Crippen LogP contribution in [0.4, 0.5) is 28.9 Å². The highest BCUT2D eigenvalue weighted by Crippen LogP contribution is 2.37. The van der Waals surface area contributed by atoms with Crippen LogP contribution in [0.3, 0.4) is 0 Å². The van der Waals surface area contributed by atoms with E-state index in [0.717, 1.165) is 12.1 Å². The molecule has 1 heterocycles. The maximum absolute atomic E-state index is 13.3. The number of alkyl halides is 4. The molecule has 0 radical (unpaired) electrons. The molecule has 0 spiro atoms. The first-order chi connectivity index (χ1) is 9.29. The van der Waals surface area contributed by atoms with Gasteiger partial charge in [0.15, 0.2) is 0 Å². The zero-order valence-corrected chi connectivity index (χ0v) is 10.4. The lowest BCUT2D eigenvalue weighted by Crippen LogP contribution is -2.36. The Morgan fingerprint density at radius 2 is 2.05 bits per heavy atom. The molecule has 1 atom stereocenters. The quantitative estimate of drug-likeness (QED) is 0.476. The molecule has 0 amide bonds. The number of rotatable bonds is 2. The van der Waals surface area contributed by atoms with Crippen LogP contribution in [0.25, 0.3) is 0 Å². The predicted octanol–water partition coefficient (Wildman–Crippen LogP) is 3.55. The molecule has 0 aromatic heterocycles. The standard InChI is InChI=1S/C12H12F4N2O2/c13-9-2-1-5-17(7-9)10-4-3-8(12(14,15)16)6-11(10)18(19)20/h3-4,6,9H,1-2,5,7H2/t9-/m1/s1. The van der Waals surface area contributed by atoms with Gasteiger partial charge in [0.1, 0.15) is 11.9 Å². The van der Waals surface area contributed by atoms with E-state index in [0.29, 0.717) is 25.5 Å². The first kappa shape index (κ1) is 14.5. The van der Waals surface area contributed by atoms with Crippen molar-refractivity contribution in [1.82, 2.24) is 0 Å². The fraction of sp³-hybridized carbons (Fsp3) is 0.500. The zero-order chi connectivity index (χ0) is 14.9. The lowest BCUT2D eigenvalue weighted by atomic mass is 10.1. The van der Waals surface area contributed by atoms with Crippen LogP contribution in [0.2, 0.25) is 0 Å². The molecular weight excluding hydrogens is 280 g/mol. The van der Waals surface area contributed by atoms with Crippen LogP contribution in [0.5, 0.6) is 0 Å². The van der Waals surface area contributed by atoms with E-state index in [9.17, 15) is 27.7 Å². The van der Waals surface area contributed by atoms with Crippen molar-refractivity contribution in [1.29, 1.82) is 0 Å². The van der Waals surface area contributed by atoms with Crippen LogP contribution in [0.15, 0.2) is 18.2 Å². The highest BCUT2D eigenvalue weighted by molar-refractivity contribution is 5.65. The molecule has 8 heteroatoms. The number of benzene rings is 1. The van der Waals surface area contributed by atoms with Crippen LogP contribution in [-0.4, -0.2) is 24.2 Å². The third kappa shape index (κ3) is 3.00. The number of hydrogen-bond acceptors (Lipinski definition) is 3. The molecule has 1 aliphatic rings. The molecule has 1 aromatic rings. The van der Waals surface area contributed by atoms with Gasteiger partial charge in [-0.25, -0.2) is 4.39 Å². The molecule has 4 nitrogen and oxygen atoms in total. The van der Waals surface area contributed by atoms with Gasteiger partial charge in [0.2, 0.25) is 0 Å². The van der Waals surface area contributed by atoms with Gasteiger partial charge >= 0.3 is 6.18 Å². The molecule has 110 valence electrons. The molecule has 2 rings (SSSR count). The smallest absolute Gasteiger partial charge is 0.363 e. The number of halogens is 4. The van der Waals surface area contributed by atoms with Crippen LogP contribution < -0.4 is 4.90 Å². The molecule has 1 aliphatic heterocycles. The second-order valence-electron chi connectivity index (χ2n) is 4.64. The van der Waals surface area contributed by atoms with Crippen molar-refractivity contribution < 1.29 is 22.5 Å². The van der Waals surface area contributed by atoms with Gasteiger partial charge in [0.05, 0.1) is 10.5 Å². The second-order valence-corrected chi connectivity index (χ2v) is 4.64. The normalized spacial score (nSPS) is 20.0. The van der Waals surface area contributed by atoms with Crippen LogP contribution >= 0.6 is 0 Å². The van der Waals surface area contributed by atoms with E-state index in [2.05, 4.69) is 0 Å². The van der Waals surface area contributed by atoms with Crippen molar-refractivity contribution in [3.8, 4) is 0 Å². The van der Waals surface area contributed by atoms with Gasteiger partial charge in [-0.3, -0.25) is 10.1 Å². The molecule has 0 saturated carbocycles. The highest BCUT2D eigenvalue weighted by Gasteiger charge is 2.34. The fourth-order valence-electron chi connectivity index (χ4n) is 2.26. The average Bonchev–Trinajstić information content (AvgIpc) is 2.37. The number of hydrogen-bond donors (Lipinski definition) is 0. The maximum Gasteiger partial charge on any atom is 0.416 e. The summed E-state index contributed by atoms with van der Waals surface area (Å²) in [7, 11) is 0. The second kappa shape index (κ2) is 5.26. The number of nitro groups is 1. The Kier molecular flexibility index (Phi) is 3.82. The first-order valence-corrected chi connectivity index (χ1v) is 6.03. The number of anilines is 1. The summed E-state index contributed by atoms with van der Waals surface area (Å²) in [6, 6.07) is 2.32. The van der Waals surface area contributed by atoms with Crippen molar-refractivity contribution in [3.63, 3.8) is 0 Å². The van der Waals surface area contributed by atoms with Crippen molar-refractivity contribution in [2.45, 2.75) is 25.2 Å². The number of nitro benzene ring substituents is 1. The first-order valence-electron chi connectivity index (χ1n) is 6.03. The van der Waals surface area contributed by atoms with Gasteiger partial charge in [0, 0.05) is 19.2 Å². The van der Waals surface area contributed by atoms with Crippen molar-refractivity contribution in [3.05, 3.63) is 33.9 Å². The van der Waals surface area contributed by atoms with Gasteiger partial charge in [0.25, 0.3) is 5.69 Å². The molecule has 0 unspecified atom stereocenters. The predicted molar refractivity (Wildman–Crippen MR) is 64.4 cm³/mol. The van der Waals surface area contributed by atoms with Crippen molar-refractivity contribution >= 4 is 11.4 Å². The monoisotopic (exact) mass is 292 g/mol. The van der Waals surface area contributed by atoms with E-state index in [1.54, 1.807) is 0 Å². The third-order valence-corrected chi connectivity index (χ3v) is 3.20. The lowest BCUT2D eigenvalue weighted by Gasteiger charge is -2.30. The van der Waals surface area contributed by atoms with Gasteiger partial charge in [-0.1, -0.05) is 0 Å². The van der Waals surface area contributed by atoms with E-state index >= 15 is 0 Å². The van der Waals surface area contributed by atoms with E-state index in [-0.39, 0.29) is 12.2 Å². The zero-order valence-electron chi connectivity index (χ0n) is 10.4. The van der Waals surface area contributed by atoms with Crippen molar-refractivity contribution in [2.24, 2.45) is 0 Å². The largest absolute Gasteiger partial charge is 0.416 e. The lowest BCUT2D eigenvalue weighted by molar-refractivity contribution is -0.384. The summed E-state index contributed by atoms with van der Waals surface area (Å²) >= 11 is 0. The van der Waals surface area contributed by atoms with Gasteiger partial charge in [-0.15, -0.1) is 0 Å². The van der Waals surface area contributed by atoms with E-state index < -0.39 is 28.5 Å². The van der Waals surface area contributed by atoms with Crippen LogP contribution in [-0.2, 0) is 6.18 Å². The Balaban J connectivity index is 2.40. The Morgan fingerprint density at radius 1 is 1.35 bits per heavy atom. The minimum atomic E-state index is -4.65. The van der Waals surface area contributed by atoms with Gasteiger partial charge < -0.3 is 4.90 Å². The minimum absolute atomic E-state index is 0.0327. The molecule has 1 saturated heterocycles. The molecule has 0 N–H and O–H groups in total. The van der Waals surface area contributed by atoms with Crippen LogP contribution in [0, 0.1) is 10.1 Å². The Morgan fingerprint density at radius 3 is 2.60 bits per heavy atom.